The Labute approximate surface area is 98.3 Å². The summed E-state index contributed by atoms with van der Waals surface area (Å²) in [6.45, 7) is 0. The maximum Gasteiger partial charge on any atom is 0.455 e. The predicted octanol–water partition coefficient (Wildman–Crippen LogP) is 3.03. The van der Waals surface area contributed by atoms with Gasteiger partial charge in [0.1, 0.15) is 17.6 Å². The van der Waals surface area contributed by atoms with Gasteiger partial charge < -0.3 is 10.5 Å². The van der Waals surface area contributed by atoms with Crippen LogP contribution in [0.5, 0.6) is 5.75 Å². The molecule has 8 heteroatoms. The van der Waals surface area contributed by atoms with Gasteiger partial charge in [-0.3, -0.25) is 0 Å². The lowest BCUT2D eigenvalue weighted by atomic mass is 10.00. The normalized spacial score (nSPS) is 14.4. The summed E-state index contributed by atoms with van der Waals surface area (Å²) in [6.07, 6.45) is -5.83. The van der Waals surface area contributed by atoms with Gasteiger partial charge in [-0.25, -0.2) is 4.39 Å². The predicted molar refractivity (Wildman–Crippen MR) is 50.9 cm³/mol. The Kier molecular flexibility index (Phi) is 3.80. The van der Waals surface area contributed by atoms with Crippen molar-refractivity contribution in [2.75, 3.05) is 7.11 Å². The highest BCUT2D eigenvalue weighted by Gasteiger charge is 2.62. The number of nitrogens with two attached hydrogens (primary N) is 1. The minimum absolute atomic E-state index is 0.340. The molecule has 1 aromatic carbocycles. The fourth-order valence-corrected chi connectivity index (χ4v) is 1.32. The molecule has 0 aliphatic rings. The van der Waals surface area contributed by atoms with Gasteiger partial charge in [0.2, 0.25) is 0 Å². The van der Waals surface area contributed by atoms with E-state index in [9.17, 15) is 26.3 Å². The van der Waals surface area contributed by atoms with Gasteiger partial charge in [-0.05, 0) is 18.2 Å². The van der Waals surface area contributed by atoms with E-state index in [4.69, 9.17) is 5.73 Å². The van der Waals surface area contributed by atoms with E-state index in [2.05, 4.69) is 4.74 Å². The molecule has 0 aliphatic heterocycles. The lowest BCUT2D eigenvalue weighted by Crippen LogP contribution is -2.46. The molecule has 0 bridgehead atoms. The summed E-state index contributed by atoms with van der Waals surface area (Å²) in [6, 6.07) is -0.468. The van der Waals surface area contributed by atoms with Crippen molar-refractivity contribution in [2.45, 2.75) is 18.1 Å². The summed E-state index contributed by atoms with van der Waals surface area (Å²) < 4.78 is 80.0. The van der Waals surface area contributed by atoms with Crippen LogP contribution in [-0.4, -0.2) is 19.2 Å². The first-order valence-electron chi connectivity index (χ1n) is 4.64. The van der Waals surface area contributed by atoms with Crippen molar-refractivity contribution in [2.24, 2.45) is 5.73 Å². The molecule has 2 N–H and O–H groups in total. The third-order valence-corrected chi connectivity index (χ3v) is 2.30. The van der Waals surface area contributed by atoms with Crippen LogP contribution < -0.4 is 10.5 Å². The third kappa shape index (κ3) is 2.53. The van der Waals surface area contributed by atoms with Crippen LogP contribution in [0, 0.1) is 5.82 Å². The van der Waals surface area contributed by atoms with E-state index in [-0.39, 0.29) is 5.75 Å². The minimum atomic E-state index is -5.83. The van der Waals surface area contributed by atoms with Gasteiger partial charge in [0.15, 0.2) is 0 Å². The number of benzene rings is 1. The number of hydrogen-bond acceptors (Lipinski definition) is 2. The molecule has 2 nitrogen and oxygen atoms in total. The average molecular weight is 273 g/mol. The second-order valence-corrected chi connectivity index (χ2v) is 3.48. The number of halogens is 6. The van der Waals surface area contributed by atoms with E-state index >= 15 is 0 Å². The monoisotopic (exact) mass is 273 g/mol. The molecule has 0 amide bonds. The molecule has 0 aliphatic carbocycles. The Balaban J connectivity index is 3.26. The topological polar surface area (TPSA) is 35.2 Å². The molecule has 0 unspecified atom stereocenters. The Hall–Kier alpha value is -1.44. The van der Waals surface area contributed by atoms with Crippen LogP contribution in [0.4, 0.5) is 26.3 Å². The first kappa shape index (κ1) is 14.6. The van der Waals surface area contributed by atoms with Crippen LogP contribution in [0.2, 0.25) is 0 Å². The zero-order valence-electron chi connectivity index (χ0n) is 9.06. The second kappa shape index (κ2) is 4.68. The number of rotatable bonds is 3. The zero-order chi connectivity index (χ0) is 14.1. The van der Waals surface area contributed by atoms with E-state index in [1.807, 2.05) is 0 Å². The summed E-state index contributed by atoms with van der Waals surface area (Å²) in [5.74, 6) is -6.51. The Morgan fingerprint density at radius 2 is 1.72 bits per heavy atom. The Bertz CT molecular complexity index is 431. The molecule has 0 saturated heterocycles. The lowest BCUT2D eigenvalue weighted by molar-refractivity contribution is -0.291. The molecule has 1 atom stereocenters. The molecule has 18 heavy (non-hydrogen) atoms. The van der Waals surface area contributed by atoms with Crippen LogP contribution in [0.3, 0.4) is 0 Å². The standard InChI is InChI=1S/C10H9F6NO/c1-18-7-3-2-5(11)4-6(7)8(17)9(12,13)10(14,15)16/h2-4,8H,17H2,1H3/t8-/m1/s1. The van der Waals surface area contributed by atoms with Crippen molar-refractivity contribution >= 4 is 0 Å². The molecule has 1 rings (SSSR count). The molecular formula is C10H9F6NO. The van der Waals surface area contributed by atoms with E-state index in [0.717, 1.165) is 19.2 Å². The minimum Gasteiger partial charge on any atom is -0.496 e. The number of methoxy groups -OCH3 is 1. The summed E-state index contributed by atoms with van der Waals surface area (Å²) in [5, 5.41) is 0. The molecule has 0 radical (unpaired) electrons. The van der Waals surface area contributed by atoms with Crippen molar-refractivity contribution in [1.29, 1.82) is 0 Å². The summed E-state index contributed by atoms with van der Waals surface area (Å²) >= 11 is 0. The molecule has 0 fully saturated rings. The molecule has 0 aromatic heterocycles. The van der Waals surface area contributed by atoms with Gasteiger partial charge in [-0.15, -0.1) is 0 Å². The smallest absolute Gasteiger partial charge is 0.455 e. The average Bonchev–Trinajstić information content (AvgIpc) is 2.26. The van der Waals surface area contributed by atoms with E-state index in [0.29, 0.717) is 6.07 Å². The van der Waals surface area contributed by atoms with Crippen molar-refractivity contribution in [1.82, 2.24) is 0 Å². The highest BCUT2D eigenvalue weighted by atomic mass is 19.4. The van der Waals surface area contributed by atoms with Gasteiger partial charge in [-0.2, -0.15) is 22.0 Å². The Morgan fingerprint density at radius 1 is 1.17 bits per heavy atom. The fourth-order valence-electron chi connectivity index (χ4n) is 1.32. The maximum atomic E-state index is 13.0. The quantitative estimate of drug-likeness (QED) is 0.859. The van der Waals surface area contributed by atoms with Crippen molar-refractivity contribution in [3.8, 4) is 5.75 Å². The van der Waals surface area contributed by atoms with Gasteiger partial charge in [0, 0.05) is 5.56 Å². The molecule has 0 saturated carbocycles. The van der Waals surface area contributed by atoms with Crippen LogP contribution in [-0.2, 0) is 0 Å². The molecular weight excluding hydrogens is 264 g/mol. The van der Waals surface area contributed by atoms with Gasteiger partial charge in [0.05, 0.1) is 7.11 Å². The number of alkyl halides is 5. The first-order chi connectivity index (χ1) is 8.11. The SMILES string of the molecule is COc1ccc(F)cc1[C@@H](N)C(F)(F)C(F)(F)F. The first-order valence-corrected chi connectivity index (χ1v) is 4.64. The lowest BCUT2D eigenvalue weighted by Gasteiger charge is -2.26. The fraction of sp³-hybridized carbons (Fsp3) is 0.400. The van der Waals surface area contributed by atoms with Gasteiger partial charge >= 0.3 is 12.1 Å². The number of hydrogen-bond donors (Lipinski definition) is 1. The molecule has 1 aromatic rings. The molecule has 102 valence electrons. The van der Waals surface area contributed by atoms with Crippen LogP contribution >= 0.6 is 0 Å². The Morgan fingerprint density at radius 3 is 2.17 bits per heavy atom. The van der Waals surface area contributed by atoms with Crippen LogP contribution in [0.15, 0.2) is 18.2 Å². The van der Waals surface area contributed by atoms with Crippen LogP contribution in [0.1, 0.15) is 11.6 Å². The molecule has 0 spiro atoms. The van der Waals surface area contributed by atoms with Crippen molar-refractivity contribution in [3.05, 3.63) is 29.6 Å². The van der Waals surface area contributed by atoms with Crippen molar-refractivity contribution in [3.63, 3.8) is 0 Å². The van der Waals surface area contributed by atoms with Crippen molar-refractivity contribution < 1.29 is 31.1 Å². The van der Waals surface area contributed by atoms with E-state index < -0.39 is 29.5 Å². The van der Waals surface area contributed by atoms with Crippen LogP contribution in [0.25, 0.3) is 0 Å². The third-order valence-electron chi connectivity index (χ3n) is 2.30. The highest BCUT2D eigenvalue weighted by Crippen LogP contribution is 2.45. The molecule has 0 heterocycles. The zero-order valence-corrected chi connectivity index (χ0v) is 9.06. The van der Waals surface area contributed by atoms with Gasteiger partial charge in [0.25, 0.3) is 0 Å². The maximum absolute atomic E-state index is 13.0. The van der Waals surface area contributed by atoms with E-state index in [1.54, 1.807) is 0 Å². The summed E-state index contributed by atoms with van der Waals surface area (Å²) in [5.41, 5.74) is 4.14. The second-order valence-electron chi connectivity index (χ2n) is 3.48. The largest absolute Gasteiger partial charge is 0.496 e. The highest BCUT2D eigenvalue weighted by molar-refractivity contribution is 5.37. The number of ether oxygens (including phenoxy) is 1. The van der Waals surface area contributed by atoms with Gasteiger partial charge in [-0.1, -0.05) is 0 Å². The summed E-state index contributed by atoms with van der Waals surface area (Å²) in [7, 11) is 1.05. The van der Waals surface area contributed by atoms with E-state index in [1.165, 1.54) is 0 Å². The summed E-state index contributed by atoms with van der Waals surface area (Å²) in [4.78, 5) is 0.